The highest BCUT2D eigenvalue weighted by Gasteiger charge is 2.15. The zero-order valence-electron chi connectivity index (χ0n) is 13.1. The number of rotatable bonds is 2. The fourth-order valence-corrected chi connectivity index (χ4v) is 3.67. The number of fused-ring (bicyclic) bond motifs is 1. The molecule has 2 N–H and O–H groups in total. The van der Waals surface area contributed by atoms with Crippen molar-refractivity contribution in [1.82, 2.24) is 10.7 Å². The van der Waals surface area contributed by atoms with E-state index in [0.717, 1.165) is 18.6 Å². The number of aryl methyl sites for hydroxylation is 1. The van der Waals surface area contributed by atoms with Crippen LogP contribution in [0.25, 0.3) is 0 Å². The number of nitrogens with zero attached hydrogens (tertiary/aromatic N) is 1. The van der Waals surface area contributed by atoms with Gasteiger partial charge in [0.25, 0.3) is 0 Å². The van der Waals surface area contributed by atoms with Crippen LogP contribution in [0.1, 0.15) is 62.5 Å². The lowest BCUT2D eigenvalue weighted by Gasteiger charge is -2.23. The van der Waals surface area contributed by atoms with Gasteiger partial charge in [0, 0.05) is 11.6 Å². The van der Waals surface area contributed by atoms with Gasteiger partial charge in [0.15, 0.2) is 5.11 Å². The van der Waals surface area contributed by atoms with Gasteiger partial charge in [-0.05, 0) is 56.3 Å². The standard InChI is InChI=1S/C18H25N3S/c22-18(19-15-10-2-1-3-11-15)21-20-17-13-7-5-9-14-8-4-6-12-16(14)17/h4,6,8,12,15H,1-3,5,7,9-11,13H2,(H2,19,21,22)/b20-17-. The maximum atomic E-state index is 5.41. The number of hydrogen-bond acceptors (Lipinski definition) is 2. The first-order chi connectivity index (χ1) is 10.8. The van der Waals surface area contributed by atoms with E-state index < -0.39 is 0 Å². The van der Waals surface area contributed by atoms with Crippen LogP contribution in [0.5, 0.6) is 0 Å². The summed E-state index contributed by atoms with van der Waals surface area (Å²) in [5.74, 6) is 0. The van der Waals surface area contributed by atoms with Crippen molar-refractivity contribution in [3.63, 3.8) is 0 Å². The van der Waals surface area contributed by atoms with Gasteiger partial charge < -0.3 is 5.32 Å². The fourth-order valence-electron chi connectivity index (χ4n) is 3.46. The summed E-state index contributed by atoms with van der Waals surface area (Å²) in [7, 11) is 0. The van der Waals surface area contributed by atoms with Gasteiger partial charge in [-0.25, -0.2) is 0 Å². The minimum absolute atomic E-state index is 0.523. The first-order valence-electron chi connectivity index (χ1n) is 8.54. The first-order valence-corrected chi connectivity index (χ1v) is 8.95. The molecule has 1 fully saturated rings. The molecular weight excluding hydrogens is 290 g/mol. The molecule has 0 radical (unpaired) electrons. The van der Waals surface area contributed by atoms with Crippen LogP contribution in [0.3, 0.4) is 0 Å². The Labute approximate surface area is 138 Å². The van der Waals surface area contributed by atoms with Crippen molar-refractivity contribution in [3.05, 3.63) is 35.4 Å². The van der Waals surface area contributed by atoms with E-state index in [-0.39, 0.29) is 0 Å². The second kappa shape index (κ2) is 7.73. The normalized spacial score (nSPS) is 21.0. The summed E-state index contributed by atoms with van der Waals surface area (Å²) < 4.78 is 0. The largest absolute Gasteiger partial charge is 0.359 e. The predicted octanol–water partition coefficient (Wildman–Crippen LogP) is 3.91. The third-order valence-corrected chi connectivity index (χ3v) is 4.88. The highest BCUT2D eigenvalue weighted by molar-refractivity contribution is 7.80. The van der Waals surface area contributed by atoms with Crippen molar-refractivity contribution >= 4 is 23.0 Å². The average molecular weight is 315 g/mol. The Morgan fingerprint density at radius 2 is 1.77 bits per heavy atom. The van der Waals surface area contributed by atoms with Gasteiger partial charge in [-0.1, -0.05) is 43.5 Å². The third kappa shape index (κ3) is 4.07. The minimum atomic E-state index is 0.523. The van der Waals surface area contributed by atoms with E-state index in [0.29, 0.717) is 11.2 Å². The molecular formula is C18H25N3S. The van der Waals surface area contributed by atoms with E-state index >= 15 is 0 Å². The van der Waals surface area contributed by atoms with Crippen molar-refractivity contribution < 1.29 is 0 Å². The Bertz CT molecular complexity index is 547. The highest BCUT2D eigenvalue weighted by atomic mass is 32.1. The molecule has 1 aromatic carbocycles. The van der Waals surface area contributed by atoms with Gasteiger partial charge in [0.05, 0.1) is 5.71 Å². The smallest absolute Gasteiger partial charge is 0.187 e. The maximum Gasteiger partial charge on any atom is 0.187 e. The molecule has 0 spiro atoms. The van der Waals surface area contributed by atoms with Crippen LogP contribution in [0, 0.1) is 0 Å². The van der Waals surface area contributed by atoms with Crippen LogP contribution in [0.2, 0.25) is 0 Å². The monoisotopic (exact) mass is 315 g/mol. The topological polar surface area (TPSA) is 36.4 Å². The third-order valence-electron chi connectivity index (χ3n) is 4.67. The lowest BCUT2D eigenvalue weighted by Crippen LogP contribution is -2.41. The summed E-state index contributed by atoms with van der Waals surface area (Å²) in [6, 6.07) is 9.13. The van der Waals surface area contributed by atoms with Gasteiger partial charge >= 0.3 is 0 Å². The van der Waals surface area contributed by atoms with Crippen molar-refractivity contribution in [2.24, 2.45) is 5.10 Å². The van der Waals surface area contributed by atoms with E-state index in [9.17, 15) is 0 Å². The van der Waals surface area contributed by atoms with E-state index in [1.165, 1.54) is 56.1 Å². The Morgan fingerprint density at radius 1 is 1.00 bits per heavy atom. The first kappa shape index (κ1) is 15.5. The molecule has 1 saturated carbocycles. The molecule has 4 heteroatoms. The summed E-state index contributed by atoms with van der Waals surface area (Å²) in [5, 5.41) is 8.69. The van der Waals surface area contributed by atoms with E-state index in [1.807, 2.05) is 0 Å². The van der Waals surface area contributed by atoms with Crippen LogP contribution < -0.4 is 10.7 Å². The van der Waals surface area contributed by atoms with Crippen molar-refractivity contribution in [3.8, 4) is 0 Å². The average Bonchev–Trinajstić information content (AvgIpc) is 2.76. The molecule has 0 amide bonds. The summed E-state index contributed by atoms with van der Waals surface area (Å²) in [6.45, 7) is 0. The number of benzene rings is 1. The van der Waals surface area contributed by atoms with E-state index in [1.54, 1.807) is 0 Å². The second-order valence-corrected chi connectivity index (χ2v) is 6.75. The quantitative estimate of drug-likeness (QED) is 0.493. The van der Waals surface area contributed by atoms with Crippen molar-refractivity contribution in [2.75, 3.05) is 0 Å². The fraction of sp³-hybridized carbons (Fsp3) is 0.556. The Hall–Kier alpha value is -1.42. The summed E-state index contributed by atoms with van der Waals surface area (Å²) in [5.41, 5.74) is 6.91. The predicted molar refractivity (Wildman–Crippen MR) is 96.3 cm³/mol. The molecule has 3 nitrogen and oxygen atoms in total. The van der Waals surface area contributed by atoms with Crippen LogP contribution in [-0.4, -0.2) is 16.9 Å². The minimum Gasteiger partial charge on any atom is -0.359 e. The number of hydrazone groups is 1. The number of nitrogens with one attached hydrogen (secondary N) is 2. The Morgan fingerprint density at radius 3 is 2.64 bits per heavy atom. The molecule has 0 unspecified atom stereocenters. The molecule has 0 aromatic heterocycles. The second-order valence-electron chi connectivity index (χ2n) is 6.34. The van der Waals surface area contributed by atoms with Crippen LogP contribution in [-0.2, 0) is 6.42 Å². The van der Waals surface area contributed by atoms with Gasteiger partial charge in [-0.2, -0.15) is 5.10 Å². The summed E-state index contributed by atoms with van der Waals surface area (Å²) in [4.78, 5) is 0. The molecule has 0 aliphatic heterocycles. The zero-order chi connectivity index (χ0) is 15.2. The van der Waals surface area contributed by atoms with Crippen LogP contribution in [0.4, 0.5) is 0 Å². The number of thiocarbonyl (C=S) groups is 1. The van der Waals surface area contributed by atoms with Crippen LogP contribution >= 0.6 is 12.2 Å². The van der Waals surface area contributed by atoms with Gasteiger partial charge in [0.1, 0.15) is 0 Å². The number of hydrogen-bond donors (Lipinski definition) is 2. The van der Waals surface area contributed by atoms with Gasteiger partial charge in [0.2, 0.25) is 0 Å². The SMILES string of the molecule is S=C(N/N=C1/CCCCc2ccccc21)NC1CCCCC1. The highest BCUT2D eigenvalue weighted by Crippen LogP contribution is 2.21. The molecule has 22 heavy (non-hydrogen) atoms. The Balaban J connectivity index is 1.63. The molecule has 1 aromatic rings. The van der Waals surface area contributed by atoms with E-state index in [2.05, 4.69) is 40.1 Å². The van der Waals surface area contributed by atoms with Crippen molar-refractivity contribution in [2.45, 2.75) is 63.8 Å². The van der Waals surface area contributed by atoms with Crippen LogP contribution in [0.15, 0.2) is 29.4 Å². The molecule has 0 atom stereocenters. The Kier molecular flexibility index (Phi) is 5.43. The molecule has 3 rings (SSSR count). The lowest BCUT2D eigenvalue weighted by molar-refractivity contribution is 0.412. The molecule has 2 aliphatic rings. The zero-order valence-corrected chi connectivity index (χ0v) is 13.9. The summed E-state index contributed by atoms with van der Waals surface area (Å²) in [6.07, 6.45) is 11.0. The molecule has 118 valence electrons. The molecule has 0 bridgehead atoms. The van der Waals surface area contributed by atoms with Gasteiger partial charge in [-0.15, -0.1) is 0 Å². The molecule has 0 heterocycles. The molecule has 0 saturated heterocycles. The van der Waals surface area contributed by atoms with E-state index in [4.69, 9.17) is 12.2 Å². The molecule has 2 aliphatic carbocycles. The summed E-state index contributed by atoms with van der Waals surface area (Å²) >= 11 is 5.41. The lowest BCUT2D eigenvalue weighted by atomic mass is 9.96. The maximum absolute atomic E-state index is 5.41. The van der Waals surface area contributed by atoms with Gasteiger partial charge in [-0.3, -0.25) is 5.43 Å². The van der Waals surface area contributed by atoms with Crippen molar-refractivity contribution in [1.29, 1.82) is 0 Å².